The summed E-state index contributed by atoms with van der Waals surface area (Å²) in [5.41, 5.74) is 11.2. The topological polar surface area (TPSA) is 118 Å². The number of benzene rings is 6. The van der Waals surface area contributed by atoms with Gasteiger partial charge < -0.3 is 35.1 Å². The highest BCUT2D eigenvalue weighted by molar-refractivity contribution is 6.30. The Morgan fingerprint density at radius 1 is 0.608 bits per heavy atom. The van der Waals surface area contributed by atoms with Gasteiger partial charge in [0.05, 0.1) is 0 Å². The number of halogens is 2. The van der Waals surface area contributed by atoms with Crippen LogP contribution in [-0.2, 0) is 27.1 Å². The summed E-state index contributed by atoms with van der Waals surface area (Å²) in [6, 6.07) is 48.7. The molecular weight excluding hydrogens is 968 g/mol. The van der Waals surface area contributed by atoms with Crippen LogP contribution in [0.4, 0.5) is 14.4 Å². The summed E-state index contributed by atoms with van der Waals surface area (Å²) in [6.45, 7) is 9.25. The Balaban J connectivity index is 0.000000198. The van der Waals surface area contributed by atoms with Crippen molar-refractivity contribution in [2.24, 2.45) is 11.8 Å². The highest BCUT2D eigenvalue weighted by atomic mass is 35.5. The number of nitrogens with zero attached hydrogens (tertiary/aromatic N) is 1. The smallest absolute Gasteiger partial charge is 0.410 e. The van der Waals surface area contributed by atoms with Crippen molar-refractivity contribution in [1.29, 1.82) is 0 Å². The first-order valence-corrected chi connectivity index (χ1v) is 26.5. The lowest BCUT2D eigenvalue weighted by Crippen LogP contribution is -2.51. The van der Waals surface area contributed by atoms with E-state index in [4.69, 9.17) is 37.4 Å². The molecule has 3 amide bonds. The van der Waals surface area contributed by atoms with Crippen LogP contribution >= 0.6 is 23.2 Å². The zero-order chi connectivity index (χ0) is 50.9. The van der Waals surface area contributed by atoms with Crippen LogP contribution in [0.5, 0.6) is 0 Å². The van der Waals surface area contributed by atoms with Crippen molar-refractivity contribution < 1.29 is 28.6 Å². The molecule has 6 aromatic carbocycles. The van der Waals surface area contributed by atoms with Crippen molar-refractivity contribution in [2.45, 2.75) is 96.2 Å². The Hall–Kier alpha value is -6.33. The Labute approximate surface area is 447 Å². The number of hydrogen-bond donors (Lipinski definition) is 3. The quantitative estimate of drug-likeness (QED) is 0.104. The first-order chi connectivity index (χ1) is 35.4. The number of hydrogen-bond acceptors (Lipinski definition) is 7. The summed E-state index contributed by atoms with van der Waals surface area (Å²) in [6.07, 6.45) is 4.11. The zero-order valence-corrected chi connectivity index (χ0v) is 43.5. The molecule has 4 aliphatic rings. The summed E-state index contributed by atoms with van der Waals surface area (Å²) in [4.78, 5) is 40.8. The summed E-state index contributed by atoms with van der Waals surface area (Å²) in [7, 11) is 0. The van der Waals surface area contributed by atoms with Crippen LogP contribution in [0.2, 0.25) is 10.0 Å². The van der Waals surface area contributed by atoms with E-state index in [1.165, 1.54) is 44.5 Å². The number of amides is 3. The lowest BCUT2D eigenvalue weighted by Gasteiger charge is -2.37. The van der Waals surface area contributed by atoms with Gasteiger partial charge in [-0.05, 0) is 164 Å². The minimum Gasteiger partial charge on any atom is -0.449 e. The monoisotopic (exact) mass is 1040 g/mol. The molecule has 388 valence electrons. The van der Waals surface area contributed by atoms with Crippen molar-refractivity contribution in [2.75, 3.05) is 39.4 Å². The van der Waals surface area contributed by atoms with Crippen molar-refractivity contribution in [3.63, 3.8) is 0 Å². The van der Waals surface area contributed by atoms with Crippen molar-refractivity contribution in [3.8, 4) is 22.3 Å². The van der Waals surface area contributed by atoms with E-state index in [1.54, 1.807) is 4.90 Å². The third-order valence-corrected chi connectivity index (χ3v) is 15.0. The fraction of sp³-hybridized carbons (Fsp3) is 0.371. The van der Waals surface area contributed by atoms with Crippen LogP contribution in [0.25, 0.3) is 22.3 Å². The minimum absolute atomic E-state index is 0. The van der Waals surface area contributed by atoms with E-state index in [1.807, 2.05) is 87.5 Å². The van der Waals surface area contributed by atoms with Gasteiger partial charge in [-0.3, -0.25) is 0 Å². The highest BCUT2D eigenvalue weighted by Crippen LogP contribution is 2.46. The lowest BCUT2D eigenvalue weighted by molar-refractivity contribution is 0.0144. The number of fused-ring (bicyclic) bond motifs is 6. The maximum absolute atomic E-state index is 13.3. The van der Waals surface area contributed by atoms with Gasteiger partial charge >= 0.3 is 18.3 Å². The van der Waals surface area contributed by atoms with E-state index >= 15 is 0 Å². The molecule has 2 aliphatic carbocycles. The number of piperidine rings is 2. The van der Waals surface area contributed by atoms with Gasteiger partial charge in [0.15, 0.2) is 0 Å². The van der Waals surface area contributed by atoms with Gasteiger partial charge in [0.1, 0.15) is 18.8 Å². The predicted octanol–water partition coefficient (Wildman–Crippen LogP) is 13.9. The van der Waals surface area contributed by atoms with E-state index in [0.29, 0.717) is 42.1 Å². The van der Waals surface area contributed by atoms with Crippen LogP contribution in [0.3, 0.4) is 0 Å². The normalized spacial score (nSPS) is 17.6. The summed E-state index contributed by atoms with van der Waals surface area (Å²) < 4.78 is 17.3. The number of carbonyl (C=O) groups excluding carboxylic acids is 3. The molecule has 6 aromatic rings. The summed E-state index contributed by atoms with van der Waals surface area (Å²) >= 11 is 12.5. The number of rotatable bonds is 12. The van der Waals surface area contributed by atoms with Gasteiger partial charge in [0, 0.05) is 47.1 Å². The Morgan fingerprint density at radius 2 is 1.04 bits per heavy atom. The van der Waals surface area contributed by atoms with Gasteiger partial charge in [0.2, 0.25) is 0 Å². The van der Waals surface area contributed by atoms with Crippen LogP contribution in [-0.4, -0.2) is 80.3 Å². The summed E-state index contributed by atoms with van der Waals surface area (Å²) in [5.74, 6) is 0.451. The fourth-order valence-electron chi connectivity index (χ4n) is 11.1. The molecule has 2 fully saturated rings. The van der Waals surface area contributed by atoms with E-state index in [2.05, 4.69) is 94.8 Å². The molecule has 12 heteroatoms. The van der Waals surface area contributed by atoms with E-state index < -0.39 is 11.7 Å². The molecule has 3 N–H and O–H groups in total. The Kier molecular flexibility index (Phi) is 18.1. The lowest BCUT2D eigenvalue weighted by atomic mass is 9.87. The molecule has 0 radical (unpaired) electrons. The Morgan fingerprint density at radius 3 is 1.46 bits per heavy atom. The van der Waals surface area contributed by atoms with Crippen LogP contribution in [0.1, 0.15) is 99.1 Å². The van der Waals surface area contributed by atoms with Crippen molar-refractivity contribution >= 4 is 41.5 Å². The molecule has 2 saturated heterocycles. The SMILES string of the molecule is C.CC(C)(C)OC(=O)N1CCCC(C(Cc2cccc(Cl)c2)NC(=O)OCC2c3ccccc3-c3ccccc32)C1.O=C(NC(Cc1cccc(Cl)c1)C1CCCNC1)OCC1c2ccccc2-c2ccccc21. The molecule has 2 heterocycles. The molecule has 0 saturated carbocycles. The van der Waals surface area contributed by atoms with Crippen LogP contribution < -0.4 is 16.0 Å². The molecule has 4 atom stereocenters. The second kappa shape index (κ2) is 24.8. The molecule has 10 rings (SSSR count). The van der Waals surface area contributed by atoms with Gasteiger partial charge in [-0.15, -0.1) is 0 Å². The second-order valence-corrected chi connectivity index (χ2v) is 21.6. The first-order valence-electron chi connectivity index (χ1n) is 25.8. The predicted molar refractivity (Wildman–Crippen MR) is 297 cm³/mol. The maximum Gasteiger partial charge on any atom is 0.410 e. The first kappa shape index (κ1) is 53.9. The van der Waals surface area contributed by atoms with Crippen molar-refractivity contribution in [1.82, 2.24) is 20.9 Å². The van der Waals surface area contributed by atoms with E-state index in [0.717, 1.165) is 56.3 Å². The zero-order valence-electron chi connectivity index (χ0n) is 42.0. The van der Waals surface area contributed by atoms with Crippen LogP contribution in [0, 0.1) is 11.8 Å². The number of ether oxygens (including phenoxy) is 3. The fourth-order valence-corrected chi connectivity index (χ4v) is 11.6. The number of nitrogens with one attached hydrogen (secondary N) is 3. The molecule has 0 bridgehead atoms. The number of carbonyl (C=O) groups is 3. The third-order valence-electron chi connectivity index (χ3n) is 14.6. The molecule has 0 spiro atoms. The van der Waals surface area contributed by atoms with Gasteiger partial charge in [-0.2, -0.15) is 0 Å². The highest BCUT2D eigenvalue weighted by Gasteiger charge is 2.35. The average molecular weight is 1040 g/mol. The second-order valence-electron chi connectivity index (χ2n) is 20.8. The minimum atomic E-state index is -0.566. The largest absolute Gasteiger partial charge is 0.449 e. The van der Waals surface area contributed by atoms with Gasteiger partial charge in [-0.1, -0.05) is 152 Å². The van der Waals surface area contributed by atoms with E-state index in [-0.39, 0.29) is 56.1 Å². The third kappa shape index (κ3) is 13.5. The maximum atomic E-state index is 13.3. The van der Waals surface area contributed by atoms with E-state index in [9.17, 15) is 14.4 Å². The van der Waals surface area contributed by atoms with Crippen molar-refractivity contribution in [3.05, 3.63) is 189 Å². The molecule has 0 aromatic heterocycles. The average Bonchev–Trinajstić information content (AvgIpc) is 3.89. The standard InChI is InChI=1S/C33H37ClN2O4.C28H29ClN2O2.CH4/c1-33(2,3)40-32(38)36-17-9-11-23(20-36)30(19-22-10-8-12-24(34)18-22)35-31(37)39-21-29-27-15-6-4-13-25(27)26-14-5-7-16-28(26)29;29-21-9-5-7-19(15-21)16-27(20-8-6-14-30-17-20)31-28(32)33-18-26-24-12-3-1-10-22(24)23-11-2-4-13-25(23)26;/h4-8,10,12-16,18,23,29-30H,9,11,17,19-21H2,1-3H3,(H,35,37);1-5,7,9-13,15,20,26-27,30H,6,8,14,16-18H2,(H,31,32);1H4. The van der Waals surface area contributed by atoms with Crippen LogP contribution in [0.15, 0.2) is 146 Å². The molecule has 2 aliphatic heterocycles. The molecular formula is C62H70Cl2N4O6. The van der Waals surface area contributed by atoms with Gasteiger partial charge in [0.25, 0.3) is 0 Å². The number of alkyl carbamates (subject to hydrolysis) is 2. The van der Waals surface area contributed by atoms with Gasteiger partial charge in [-0.25, -0.2) is 14.4 Å². The number of likely N-dealkylation sites (tertiary alicyclic amines) is 1. The summed E-state index contributed by atoms with van der Waals surface area (Å²) in [5, 5.41) is 11.2. The molecule has 10 nitrogen and oxygen atoms in total. The molecule has 4 unspecified atom stereocenters. The Bertz CT molecular complexity index is 2790. The molecule has 74 heavy (non-hydrogen) atoms.